The molecule has 1 atom stereocenters. The van der Waals surface area contributed by atoms with Crippen molar-refractivity contribution in [1.82, 2.24) is 15.2 Å². The Bertz CT molecular complexity index is 734. The van der Waals surface area contributed by atoms with E-state index in [0.717, 1.165) is 30.1 Å². The zero-order chi connectivity index (χ0) is 18.9. The number of nitrogens with zero attached hydrogens (tertiary/aromatic N) is 3. The quantitative estimate of drug-likeness (QED) is 0.554. The van der Waals surface area contributed by atoms with E-state index >= 15 is 0 Å². The lowest BCUT2D eigenvalue weighted by atomic mass is 10.2. The molecule has 1 aliphatic rings. The molecule has 0 spiro atoms. The summed E-state index contributed by atoms with van der Waals surface area (Å²) in [6.45, 7) is 6.32. The first-order valence-corrected chi connectivity index (χ1v) is 9.64. The summed E-state index contributed by atoms with van der Waals surface area (Å²) in [6.07, 6.45) is 4.26. The number of aromatic nitrogens is 1. The van der Waals surface area contributed by atoms with E-state index in [0.29, 0.717) is 25.2 Å². The highest BCUT2D eigenvalue weighted by Crippen LogP contribution is 2.16. The molecule has 3 N–H and O–H groups in total. The monoisotopic (exact) mass is 367 g/mol. The minimum Gasteiger partial charge on any atom is -0.487 e. The molecule has 1 fully saturated rings. The molecule has 1 aromatic carbocycles. The summed E-state index contributed by atoms with van der Waals surface area (Å²) in [5, 5.41) is 3.27. The van der Waals surface area contributed by atoms with Gasteiger partial charge in [-0.25, -0.2) is 4.99 Å². The molecule has 0 bridgehead atoms. The van der Waals surface area contributed by atoms with E-state index < -0.39 is 0 Å². The molecule has 144 valence electrons. The summed E-state index contributed by atoms with van der Waals surface area (Å²) in [4.78, 5) is 11.2. The smallest absolute Gasteiger partial charge is 0.188 e. The molecular formula is C21H29N5O. The molecule has 1 unspecified atom stereocenters. The van der Waals surface area contributed by atoms with E-state index in [1.54, 1.807) is 6.20 Å². The Balaban J connectivity index is 1.47. The Kier molecular flexibility index (Phi) is 7.04. The molecule has 0 aliphatic carbocycles. The zero-order valence-electron chi connectivity index (χ0n) is 16.0. The number of nitrogens with one attached hydrogen (secondary N) is 1. The molecule has 1 saturated heterocycles. The Hall–Kier alpha value is -2.60. The molecular weight excluding hydrogens is 338 g/mol. The molecule has 6 nitrogen and oxygen atoms in total. The molecule has 0 radical (unpaired) electrons. The van der Waals surface area contributed by atoms with Crippen molar-refractivity contribution in [2.45, 2.75) is 39.0 Å². The fraction of sp³-hybridized carbons (Fsp3) is 0.429. The predicted molar refractivity (Wildman–Crippen MR) is 109 cm³/mol. The van der Waals surface area contributed by atoms with Gasteiger partial charge in [-0.2, -0.15) is 0 Å². The third-order valence-electron chi connectivity index (χ3n) is 4.87. The number of likely N-dealkylation sites (N-methyl/N-ethyl adjacent to an activating group) is 1. The van der Waals surface area contributed by atoms with Crippen LogP contribution in [0.1, 0.15) is 31.0 Å². The Labute approximate surface area is 161 Å². The average molecular weight is 367 g/mol. The molecule has 3 rings (SSSR count). The molecule has 0 saturated carbocycles. The highest BCUT2D eigenvalue weighted by molar-refractivity contribution is 5.77. The maximum absolute atomic E-state index is 6.04. The summed E-state index contributed by atoms with van der Waals surface area (Å²) >= 11 is 0. The van der Waals surface area contributed by atoms with E-state index in [2.05, 4.69) is 27.1 Å². The number of rotatable bonds is 8. The van der Waals surface area contributed by atoms with Gasteiger partial charge in [0.1, 0.15) is 12.4 Å². The highest BCUT2D eigenvalue weighted by atomic mass is 16.5. The van der Waals surface area contributed by atoms with Crippen molar-refractivity contribution in [3.05, 3.63) is 59.9 Å². The molecule has 27 heavy (non-hydrogen) atoms. The van der Waals surface area contributed by atoms with Gasteiger partial charge in [-0.15, -0.1) is 0 Å². The third kappa shape index (κ3) is 5.96. The number of guanidine groups is 1. The Morgan fingerprint density at radius 2 is 2.26 bits per heavy atom. The highest BCUT2D eigenvalue weighted by Gasteiger charge is 2.22. The second-order valence-electron chi connectivity index (χ2n) is 6.76. The fourth-order valence-electron chi connectivity index (χ4n) is 3.37. The molecule has 2 heterocycles. The normalized spacial score (nSPS) is 17.8. The van der Waals surface area contributed by atoms with Crippen LogP contribution in [-0.4, -0.2) is 41.5 Å². The minimum absolute atomic E-state index is 0.451. The summed E-state index contributed by atoms with van der Waals surface area (Å²) in [6, 6.07) is 14.3. The van der Waals surface area contributed by atoms with Gasteiger partial charge in [0.2, 0.25) is 0 Å². The van der Waals surface area contributed by atoms with E-state index in [1.165, 1.54) is 19.4 Å². The van der Waals surface area contributed by atoms with Gasteiger partial charge >= 0.3 is 0 Å². The number of aliphatic imine (C=N–C) groups is 1. The van der Waals surface area contributed by atoms with Crippen LogP contribution in [0.15, 0.2) is 53.7 Å². The fourth-order valence-corrected chi connectivity index (χ4v) is 3.37. The number of nitrogens with two attached hydrogens (primary N) is 1. The molecule has 1 aliphatic heterocycles. The van der Waals surface area contributed by atoms with Crippen LogP contribution in [0.3, 0.4) is 0 Å². The van der Waals surface area contributed by atoms with Gasteiger partial charge < -0.3 is 15.8 Å². The van der Waals surface area contributed by atoms with E-state index in [-0.39, 0.29) is 0 Å². The lowest BCUT2D eigenvalue weighted by Gasteiger charge is -2.23. The third-order valence-corrected chi connectivity index (χ3v) is 4.87. The summed E-state index contributed by atoms with van der Waals surface area (Å²) < 4.78 is 5.82. The molecule has 1 aromatic heterocycles. The predicted octanol–water partition coefficient (Wildman–Crippen LogP) is 2.55. The summed E-state index contributed by atoms with van der Waals surface area (Å²) in [7, 11) is 0. The second-order valence-corrected chi connectivity index (χ2v) is 6.76. The lowest BCUT2D eigenvalue weighted by molar-refractivity contribution is 0.267. The van der Waals surface area contributed by atoms with Crippen molar-refractivity contribution in [3.8, 4) is 5.75 Å². The first-order valence-electron chi connectivity index (χ1n) is 9.64. The van der Waals surface area contributed by atoms with Crippen LogP contribution in [-0.2, 0) is 13.2 Å². The lowest BCUT2D eigenvalue weighted by Crippen LogP contribution is -2.42. The van der Waals surface area contributed by atoms with Crippen molar-refractivity contribution in [2.75, 3.05) is 19.6 Å². The first-order chi connectivity index (χ1) is 13.2. The van der Waals surface area contributed by atoms with Gasteiger partial charge in [-0.05, 0) is 55.8 Å². The zero-order valence-corrected chi connectivity index (χ0v) is 16.0. The average Bonchev–Trinajstić information content (AvgIpc) is 3.18. The van der Waals surface area contributed by atoms with Crippen LogP contribution in [0.2, 0.25) is 0 Å². The number of hydrogen-bond donors (Lipinski definition) is 2. The molecule has 0 amide bonds. The van der Waals surface area contributed by atoms with E-state index in [1.807, 2.05) is 42.5 Å². The van der Waals surface area contributed by atoms with E-state index in [4.69, 9.17) is 10.5 Å². The van der Waals surface area contributed by atoms with Crippen molar-refractivity contribution >= 4 is 5.96 Å². The Morgan fingerprint density at radius 1 is 1.33 bits per heavy atom. The van der Waals surface area contributed by atoms with Crippen LogP contribution >= 0.6 is 0 Å². The standard InChI is InChI=1S/C21H29N5O/c1-2-26-12-6-9-19(26)15-25-21(22)24-14-17-7-5-10-20(13-17)27-16-18-8-3-4-11-23-18/h3-5,7-8,10-11,13,19H,2,6,9,12,14-16H2,1H3,(H3,22,24,25). The van der Waals surface area contributed by atoms with Gasteiger partial charge in [0.05, 0.1) is 12.2 Å². The second kappa shape index (κ2) is 9.92. The summed E-state index contributed by atoms with van der Waals surface area (Å²) in [5.41, 5.74) is 8.01. The van der Waals surface area contributed by atoms with Crippen LogP contribution < -0.4 is 15.8 Å². The first kappa shape index (κ1) is 19.2. The van der Waals surface area contributed by atoms with E-state index in [9.17, 15) is 0 Å². The maximum Gasteiger partial charge on any atom is 0.188 e. The number of ether oxygens (including phenoxy) is 1. The van der Waals surface area contributed by atoms with Gasteiger partial charge in [0, 0.05) is 18.8 Å². The minimum atomic E-state index is 0.451. The number of pyridine rings is 1. The van der Waals surface area contributed by atoms with Gasteiger partial charge in [0.15, 0.2) is 5.96 Å². The number of likely N-dealkylation sites (tertiary alicyclic amines) is 1. The number of benzene rings is 1. The van der Waals surface area contributed by atoms with Crippen molar-refractivity contribution < 1.29 is 4.74 Å². The largest absolute Gasteiger partial charge is 0.487 e. The van der Waals surface area contributed by atoms with Gasteiger partial charge in [0.25, 0.3) is 0 Å². The molecule has 6 heteroatoms. The summed E-state index contributed by atoms with van der Waals surface area (Å²) in [5.74, 6) is 1.31. The van der Waals surface area contributed by atoms with Crippen LogP contribution in [0.5, 0.6) is 5.75 Å². The van der Waals surface area contributed by atoms with Crippen LogP contribution in [0.4, 0.5) is 0 Å². The number of hydrogen-bond acceptors (Lipinski definition) is 4. The topological polar surface area (TPSA) is 75.8 Å². The SMILES string of the molecule is CCN1CCCC1CNC(N)=NCc1cccc(OCc2ccccn2)c1. The van der Waals surface area contributed by atoms with Crippen molar-refractivity contribution in [2.24, 2.45) is 10.7 Å². The van der Waals surface area contributed by atoms with Gasteiger partial charge in [-0.1, -0.05) is 25.1 Å². The van der Waals surface area contributed by atoms with Crippen LogP contribution in [0.25, 0.3) is 0 Å². The van der Waals surface area contributed by atoms with Crippen molar-refractivity contribution in [3.63, 3.8) is 0 Å². The van der Waals surface area contributed by atoms with Gasteiger partial charge in [-0.3, -0.25) is 9.88 Å². The maximum atomic E-state index is 6.04. The van der Waals surface area contributed by atoms with Crippen LogP contribution in [0, 0.1) is 0 Å². The Morgan fingerprint density at radius 3 is 3.07 bits per heavy atom. The van der Waals surface area contributed by atoms with Crippen molar-refractivity contribution in [1.29, 1.82) is 0 Å². The molecule has 2 aromatic rings.